The second-order valence-corrected chi connectivity index (χ2v) is 2.99. The van der Waals surface area contributed by atoms with Crippen LogP contribution in [0.4, 0.5) is 13.2 Å². The average Bonchev–Trinajstić information content (AvgIpc) is 2.07. The molecular weight excluding hydrogens is 215 g/mol. The molecule has 0 aliphatic rings. The first-order valence-electron chi connectivity index (χ1n) is 4.36. The molecule has 1 amide bonds. The Morgan fingerprint density at radius 3 is 2.13 bits per heavy atom. The molecule has 0 rings (SSSR count). The highest BCUT2D eigenvalue weighted by atomic mass is 19.4. The minimum atomic E-state index is -4.41. The lowest BCUT2D eigenvalue weighted by molar-refractivity contribution is -0.138. The van der Waals surface area contributed by atoms with E-state index in [0.717, 1.165) is 0 Å². The summed E-state index contributed by atoms with van der Waals surface area (Å²) in [5.74, 6) is -1.69. The molecule has 0 fully saturated rings. The molecule has 0 aliphatic heterocycles. The second kappa shape index (κ2) is 6.26. The predicted octanol–water partition coefficient (Wildman–Crippen LogP) is 1.31. The van der Waals surface area contributed by atoms with Crippen LogP contribution in [0.15, 0.2) is 0 Å². The van der Waals surface area contributed by atoms with Crippen LogP contribution in [-0.4, -0.2) is 29.7 Å². The molecule has 2 N–H and O–H groups in total. The van der Waals surface area contributed by atoms with Crippen molar-refractivity contribution in [3.05, 3.63) is 0 Å². The van der Waals surface area contributed by atoms with Gasteiger partial charge in [0.1, 0.15) is 6.54 Å². The van der Waals surface area contributed by atoms with Gasteiger partial charge >= 0.3 is 12.1 Å². The number of nitrogens with one attached hydrogen (secondary N) is 1. The zero-order valence-electron chi connectivity index (χ0n) is 7.93. The summed E-state index contributed by atoms with van der Waals surface area (Å²) in [7, 11) is 0. The van der Waals surface area contributed by atoms with E-state index in [2.05, 4.69) is 0 Å². The van der Waals surface area contributed by atoms with Gasteiger partial charge in [-0.25, -0.2) is 0 Å². The van der Waals surface area contributed by atoms with Gasteiger partial charge in [-0.2, -0.15) is 13.2 Å². The summed E-state index contributed by atoms with van der Waals surface area (Å²) in [6, 6.07) is 0. The number of carboxylic acids is 1. The Bertz CT molecular complexity index is 228. The Morgan fingerprint density at radius 1 is 1.13 bits per heavy atom. The Morgan fingerprint density at radius 2 is 1.67 bits per heavy atom. The number of carbonyl (C=O) groups is 2. The summed E-state index contributed by atoms with van der Waals surface area (Å²) < 4.78 is 34.9. The van der Waals surface area contributed by atoms with Gasteiger partial charge < -0.3 is 10.4 Å². The van der Waals surface area contributed by atoms with E-state index < -0.39 is 24.6 Å². The molecule has 0 aromatic heterocycles. The molecule has 4 nitrogen and oxygen atoms in total. The number of halogens is 3. The molecule has 7 heteroatoms. The van der Waals surface area contributed by atoms with E-state index in [0.29, 0.717) is 0 Å². The zero-order valence-corrected chi connectivity index (χ0v) is 7.93. The van der Waals surface area contributed by atoms with E-state index in [9.17, 15) is 22.8 Å². The van der Waals surface area contributed by atoms with Crippen LogP contribution in [0.5, 0.6) is 0 Å². The predicted molar refractivity (Wildman–Crippen MR) is 45.2 cm³/mol. The van der Waals surface area contributed by atoms with E-state index in [4.69, 9.17) is 5.11 Å². The monoisotopic (exact) mass is 227 g/mol. The van der Waals surface area contributed by atoms with Crippen molar-refractivity contribution in [1.29, 1.82) is 0 Å². The molecule has 0 saturated carbocycles. The number of hydrogen-bond acceptors (Lipinski definition) is 2. The molecule has 0 aromatic carbocycles. The van der Waals surface area contributed by atoms with E-state index in [-0.39, 0.29) is 25.7 Å². The third kappa shape index (κ3) is 10.7. The third-order valence-electron chi connectivity index (χ3n) is 1.53. The number of carboxylic acid groups (broad SMARTS) is 1. The van der Waals surface area contributed by atoms with Crippen LogP contribution in [0.1, 0.15) is 25.7 Å². The first-order chi connectivity index (χ1) is 6.81. The van der Waals surface area contributed by atoms with Gasteiger partial charge in [-0.15, -0.1) is 0 Å². The Kier molecular flexibility index (Phi) is 5.73. The smallest absolute Gasteiger partial charge is 0.405 e. The third-order valence-corrected chi connectivity index (χ3v) is 1.53. The van der Waals surface area contributed by atoms with Crippen LogP contribution >= 0.6 is 0 Å². The summed E-state index contributed by atoms with van der Waals surface area (Å²) in [6.07, 6.45) is -4.00. The quantitative estimate of drug-likeness (QED) is 0.672. The normalized spacial score (nSPS) is 11.1. The lowest BCUT2D eigenvalue weighted by atomic mass is 10.2. The molecule has 0 aliphatic carbocycles. The molecule has 0 radical (unpaired) electrons. The van der Waals surface area contributed by atoms with Crippen molar-refractivity contribution in [2.75, 3.05) is 6.54 Å². The largest absolute Gasteiger partial charge is 0.481 e. The topological polar surface area (TPSA) is 66.4 Å². The van der Waals surface area contributed by atoms with Crippen LogP contribution in [-0.2, 0) is 9.59 Å². The number of amides is 1. The SMILES string of the molecule is O=C(O)CCCCC(=O)NCC(F)(F)F. The maximum atomic E-state index is 11.6. The van der Waals surface area contributed by atoms with Gasteiger partial charge in [0.05, 0.1) is 0 Å². The van der Waals surface area contributed by atoms with Gasteiger partial charge in [0.25, 0.3) is 0 Å². The number of alkyl halides is 3. The fraction of sp³-hybridized carbons (Fsp3) is 0.750. The fourth-order valence-corrected chi connectivity index (χ4v) is 0.849. The maximum absolute atomic E-state index is 11.6. The number of rotatable bonds is 6. The van der Waals surface area contributed by atoms with Crippen LogP contribution in [0.25, 0.3) is 0 Å². The van der Waals surface area contributed by atoms with Crippen molar-refractivity contribution in [2.45, 2.75) is 31.9 Å². The Labute approximate surface area is 84.5 Å². The van der Waals surface area contributed by atoms with Gasteiger partial charge in [0.2, 0.25) is 5.91 Å². The Hall–Kier alpha value is -1.27. The number of carbonyl (C=O) groups excluding carboxylic acids is 1. The molecule has 0 unspecified atom stereocenters. The molecule has 0 aromatic rings. The second-order valence-electron chi connectivity index (χ2n) is 2.99. The first kappa shape index (κ1) is 13.7. The lowest BCUT2D eigenvalue weighted by Gasteiger charge is -2.07. The molecule has 0 bridgehead atoms. The lowest BCUT2D eigenvalue weighted by Crippen LogP contribution is -2.33. The van der Waals surface area contributed by atoms with Crippen molar-refractivity contribution >= 4 is 11.9 Å². The van der Waals surface area contributed by atoms with Crippen LogP contribution in [0.3, 0.4) is 0 Å². The van der Waals surface area contributed by atoms with Crippen molar-refractivity contribution in [2.24, 2.45) is 0 Å². The molecule has 0 heterocycles. The van der Waals surface area contributed by atoms with E-state index in [1.807, 2.05) is 0 Å². The van der Waals surface area contributed by atoms with Crippen molar-refractivity contribution < 1.29 is 27.9 Å². The number of hydrogen-bond donors (Lipinski definition) is 2. The molecule has 15 heavy (non-hydrogen) atoms. The minimum Gasteiger partial charge on any atom is -0.481 e. The van der Waals surface area contributed by atoms with Crippen LogP contribution in [0, 0.1) is 0 Å². The van der Waals surface area contributed by atoms with Crippen LogP contribution < -0.4 is 5.32 Å². The summed E-state index contributed by atoms with van der Waals surface area (Å²) in [5.41, 5.74) is 0. The van der Waals surface area contributed by atoms with Crippen molar-refractivity contribution in [3.8, 4) is 0 Å². The van der Waals surface area contributed by atoms with Gasteiger partial charge in [-0.1, -0.05) is 0 Å². The van der Waals surface area contributed by atoms with Gasteiger partial charge in [0, 0.05) is 12.8 Å². The van der Waals surface area contributed by atoms with Gasteiger partial charge in [-0.05, 0) is 12.8 Å². The molecule has 0 spiro atoms. The van der Waals surface area contributed by atoms with Crippen molar-refractivity contribution in [3.63, 3.8) is 0 Å². The minimum absolute atomic E-state index is 0.0768. The molecule has 88 valence electrons. The summed E-state index contributed by atoms with van der Waals surface area (Å²) in [6.45, 7) is -1.34. The zero-order chi connectivity index (χ0) is 11.9. The molecule has 0 saturated heterocycles. The first-order valence-corrected chi connectivity index (χ1v) is 4.36. The highest BCUT2D eigenvalue weighted by Gasteiger charge is 2.27. The maximum Gasteiger partial charge on any atom is 0.405 e. The Balaban J connectivity index is 3.46. The van der Waals surface area contributed by atoms with E-state index in [1.165, 1.54) is 0 Å². The van der Waals surface area contributed by atoms with Crippen molar-refractivity contribution in [1.82, 2.24) is 5.32 Å². The standard InChI is InChI=1S/C8H12F3NO3/c9-8(10,11)5-12-6(13)3-1-2-4-7(14)15/h1-5H2,(H,12,13)(H,14,15). The highest BCUT2D eigenvalue weighted by Crippen LogP contribution is 2.12. The van der Waals surface area contributed by atoms with Crippen LogP contribution in [0.2, 0.25) is 0 Å². The van der Waals surface area contributed by atoms with Gasteiger partial charge in [-0.3, -0.25) is 9.59 Å². The molecule has 0 atom stereocenters. The number of aliphatic carboxylic acids is 1. The van der Waals surface area contributed by atoms with E-state index >= 15 is 0 Å². The average molecular weight is 227 g/mol. The number of unbranched alkanes of at least 4 members (excludes halogenated alkanes) is 1. The summed E-state index contributed by atoms with van der Waals surface area (Å²) >= 11 is 0. The van der Waals surface area contributed by atoms with E-state index in [1.54, 1.807) is 5.32 Å². The summed E-state index contributed by atoms with van der Waals surface area (Å²) in [4.78, 5) is 20.8. The summed E-state index contributed by atoms with van der Waals surface area (Å²) in [5, 5.41) is 9.94. The van der Waals surface area contributed by atoms with Gasteiger partial charge in [0.15, 0.2) is 0 Å². The highest BCUT2D eigenvalue weighted by molar-refractivity contribution is 5.75. The fourth-order valence-electron chi connectivity index (χ4n) is 0.849. The molecular formula is C8H12F3NO3.